The Morgan fingerprint density at radius 2 is 1.83 bits per heavy atom. The Hall–Kier alpha value is -3.41. The van der Waals surface area contributed by atoms with E-state index in [2.05, 4.69) is 21.4 Å². The maximum atomic E-state index is 12.9. The van der Waals surface area contributed by atoms with E-state index in [1.165, 1.54) is 0 Å². The van der Waals surface area contributed by atoms with E-state index in [9.17, 15) is 4.79 Å². The van der Waals surface area contributed by atoms with Gasteiger partial charge in [-0.05, 0) is 63.6 Å². The van der Waals surface area contributed by atoms with E-state index >= 15 is 0 Å². The smallest absolute Gasteiger partial charge is 0.274 e. The Balaban J connectivity index is 1.91. The van der Waals surface area contributed by atoms with Crippen molar-refractivity contribution in [2.45, 2.75) is 27.7 Å². The van der Waals surface area contributed by atoms with E-state index in [4.69, 9.17) is 4.74 Å². The molecule has 3 rings (SSSR count). The van der Waals surface area contributed by atoms with Crippen molar-refractivity contribution in [3.63, 3.8) is 0 Å². The molecule has 150 valence electrons. The van der Waals surface area contributed by atoms with E-state index in [1.807, 2.05) is 75.1 Å². The molecule has 1 aromatic heterocycles. The SMILES string of the molecule is CCOc1ccccc1NC(=O)c1cc(C)nc(N(CC)c2cccc(C)c2)n1. The highest BCUT2D eigenvalue weighted by atomic mass is 16.5. The molecule has 0 fully saturated rings. The average Bonchev–Trinajstić information content (AvgIpc) is 2.70. The summed E-state index contributed by atoms with van der Waals surface area (Å²) in [5, 5.41) is 2.90. The van der Waals surface area contributed by atoms with Crippen LogP contribution in [-0.4, -0.2) is 29.0 Å². The average molecular weight is 390 g/mol. The molecule has 29 heavy (non-hydrogen) atoms. The van der Waals surface area contributed by atoms with Gasteiger partial charge < -0.3 is 15.0 Å². The lowest BCUT2D eigenvalue weighted by atomic mass is 10.2. The third-order valence-electron chi connectivity index (χ3n) is 4.38. The second-order valence-electron chi connectivity index (χ2n) is 6.66. The topological polar surface area (TPSA) is 67.3 Å². The van der Waals surface area contributed by atoms with Gasteiger partial charge in [0.1, 0.15) is 11.4 Å². The van der Waals surface area contributed by atoms with Gasteiger partial charge in [-0.2, -0.15) is 0 Å². The number of ether oxygens (including phenoxy) is 1. The number of carbonyl (C=O) groups is 1. The maximum absolute atomic E-state index is 12.9. The molecule has 0 atom stereocenters. The van der Waals surface area contributed by atoms with Gasteiger partial charge in [0.05, 0.1) is 12.3 Å². The van der Waals surface area contributed by atoms with Crippen LogP contribution in [0.3, 0.4) is 0 Å². The normalized spacial score (nSPS) is 10.5. The Morgan fingerprint density at radius 1 is 1.03 bits per heavy atom. The van der Waals surface area contributed by atoms with Gasteiger partial charge in [-0.15, -0.1) is 0 Å². The van der Waals surface area contributed by atoms with Gasteiger partial charge in [-0.1, -0.05) is 24.3 Å². The van der Waals surface area contributed by atoms with Crippen molar-refractivity contribution in [1.29, 1.82) is 0 Å². The van der Waals surface area contributed by atoms with Crippen LogP contribution in [0.4, 0.5) is 17.3 Å². The largest absolute Gasteiger partial charge is 0.492 e. The molecular weight excluding hydrogens is 364 g/mol. The third kappa shape index (κ3) is 4.90. The van der Waals surface area contributed by atoms with E-state index in [0.29, 0.717) is 36.2 Å². The molecule has 2 aromatic carbocycles. The first-order chi connectivity index (χ1) is 14.0. The molecule has 0 saturated carbocycles. The van der Waals surface area contributed by atoms with Gasteiger partial charge >= 0.3 is 0 Å². The lowest BCUT2D eigenvalue weighted by molar-refractivity contribution is 0.102. The van der Waals surface area contributed by atoms with Crippen molar-refractivity contribution >= 4 is 23.2 Å². The van der Waals surface area contributed by atoms with Crippen LogP contribution in [0.2, 0.25) is 0 Å². The summed E-state index contributed by atoms with van der Waals surface area (Å²) >= 11 is 0. The van der Waals surface area contributed by atoms with Gasteiger partial charge in [0, 0.05) is 17.9 Å². The molecule has 1 amide bonds. The standard InChI is InChI=1S/C23H26N4O2/c1-5-27(18-11-9-10-16(3)14-18)23-24-17(4)15-20(26-23)22(28)25-19-12-7-8-13-21(19)29-6-2/h7-15H,5-6H2,1-4H3,(H,25,28). The number of amides is 1. The van der Waals surface area contributed by atoms with Crippen LogP contribution in [0.15, 0.2) is 54.6 Å². The summed E-state index contributed by atoms with van der Waals surface area (Å²) in [6.45, 7) is 9.05. The van der Waals surface area contributed by atoms with Gasteiger partial charge in [-0.3, -0.25) is 4.79 Å². The second-order valence-corrected chi connectivity index (χ2v) is 6.66. The molecule has 6 nitrogen and oxygen atoms in total. The summed E-state index contributed by atoms with van der Waals surface area (Å²) in [6, 6.07) is 17.2. The molecule has 0 unspecified atom stereocenters. The van der Waals surface area contributed by atoms with E-state index in [0.717, 1.165) is 16.9 Å². The molecule has 1 N–H and O–H groups in total. The minimum atomic E-state index is -0.302. The summed E-state index contributed by atoms with van der Waals surface area (Å²) in [5.41, 5.74) is 3.79. The molecule has 0 aliphatic heterocycles. The van der Waals surface area contributed by atoms with Gasteiger partial charge in [-0.25, -0.2) is 9.97 Å². The van der Waals surface area contributed by atoms with Crippen molar-refractivity contribution in [3.8, 4) is 5.75 Å². The number of anilines is 3. The fourth-order valence-electron chi connectivity index (χ4n) is 3.06. The molecule has 6 heteroatoms. The number of nitrogens with zero attached hydrogens (tertiary/aromatic N) is 3. The molecule has 0 spiro atoms. The molecule has 0 radical (unpaired) electrons. The van der Waals surface area contributed by atoms with Crippen LogP contribution in [0.1, 0.15) is 35.6 Å². The first kappa shape index (κ1) is 20.3. The zero-order valence-electron chi connectivity index (χ0n) is 17.3. The van der Waals surface area contributed by atoms with Crippen molar-refractivity contribution in [2.75, 3.05) is 23.4 Å². The van der Waals surface area contributed by atoms with Gasteiger partial charge in [0.25, 0.3) is 5.91 Å². The fourth-order valence-corrected chi connectivity index (χ4v) is 3.06. The fraction of sp³-hybridized carbons (Fsp3) is 0.261. The van der Waals surface area contributed by atoms with Crippen LogP contribution in [-0.2, 0) is 0 Å². The highest BCUT2D eigenvalue weighted by molar-refractivity contribution is 6.04. The lowest BCUT2D eigenvalue weighted by Crippen LogP contribution is -2.22. The van der Waals surface area contributed by atoms with E-state index in [1.54, 1.807) is 6.07 Å². The van der Waals surface area contributed by atoms with Crippen molar-refractivity contribution in [3.05, 3.63) is 71.5 Å². The lowest BCUT2D eigenvalue weighted by Gasteiger charge is -2.22. The van der Waals surface area contributed by atoms with Gasteiger partial charge in [0.15, 0.2) is 0 Å². The Labute approximate surface area is 171 Å². The Morgan fingerprint density at radius 3 is 2.55 bits per heavy atom. The number of nitrogens with one attached hydrogen (secondary N) is 1. The predicted octanol–water partition coefficient (Wildman–Crippen LogP) is 4.90. The van der Waals surface area contributed by atoms with Crippen molar-refractivity contribution in [2.24, 2.45) is 0 Å². The highest BCUT2D eigenvalue weighted by Gasteiger charge is 2.17. The van der Waals surface area contributed by atoms with Crippen molar-refractivity contribution in [1.82, 2.24) is 9.97 Å². The molecule has 1 heterocycles. The van der Waals surface area contributed by atoms with Crippen molar-refractivity contribution < 1.29 is 9.53 Å². The number of rotatable bonds is 7. The van der Waals surface area contributed by atoms with Crippen LogP contribution in [0.25, 0.3) is 0 Å². The summed E-state index contributed by atoms with van der Waals surface area (Å²) in [7, 11) is 0. The zero-order valence-corrected chi connectivity index (χ0v) is 17.3. The first-order valence-corrected chi connectivity index (χ1v) is 9.75. The third-order valence-corrected chi connectivity index (χ3v) is 4.38. The van der Waals surface area contributed by atoms with Gasteiger partial charge in [0.2, 0.25) is 5.95 Å². The zero-order chi connectivity index (χ0) is 20.8. The van der Waals surface area contributed by atoms with Crippen LogP contribution < -0.4 is 15.0 Å². The van der Waals surface area contributed by atoms with Crippen LogP contribution in [0, 0.1) is 13.8 Å². The highest BCUT2D eigenvalue weighted by Crippen LogP contribution is 2.26. The second kappa shape index (κ2) is 9.19. The minimum absolute atomic E-state index is 0.302. The first-order valence-electron chi connectivity index (χ1n) is 9.75. The minimum Gasteiger partial charge on any atom is -0.492 e. The number of aryl methyl sites for hydroxylation is 2. The molecule has 0 aliphatic carbocycles. The number of hydrogen-bond acceptors (Lipinski definition) is 5. The molecule has 3 aromatic rings. The number of hydrogen-bond donors (Lipinski definition) is 1. The molecule has 0 aliphatic rings. The van der Waals surface area contributed by atoms with Crippen LogP contribution >= 0.6 is 0 Å². The summed E-state index contributed by atoms with van der Waals surface area (Å²) in [6.07, 6.45) is 0. The maximum Gasteiger partial charge on any atom is 0.274 e. The number of para-hydroxylation sites is 2. The number of aromatic nitrogens is 2. The summed E-state index contributed by atoms with van der Waals surface area (Å²) < 4.78 is 5.59. The molecule has 0 saturated heterocycles. The number of carbonyl (C=O) groups excluding carboxylic acids is 1. The predicted molar refractivity (Wildman–Crippen MR) is 116 cm³/mol. The summed E-state index contributed by atoms with van der Waals surface area (Å²) in [4.78, 5) is 24.0. The Bertz CT molecular complexity index is 1000. The molecular formula is C23H26N4O2. The Kier molecular flexibility index (Phi) is 6.44. The quantitative estimate of drug-likeness (QED) is 0.621. The van der Waals surface area contributed by atoms with E-state index < -0.39 is 0 Å². The monoisotopic (exact) mass is 390 g/mol. The molecule has 0 bridgehead atoms. The van der Waals surface area contributed by atoms with E-state index in [-0.39, 0.29) is 5.91 Å². The number of benzene rings is 2. The summed E-state index contributed by atoms with van der Waals surface area (Å²) in [5.74, 6) is 0.829. The van der Waals surface area contributed by atoms with Crippen LogP contribution in [0.5, 0.6) is 5.75 Å².